The van der Waals surface area contributed by atoms with Crippen LogP contribution in [0.15, 0.2) is 0 Å². The molecular formula is C11H21N3O2. The number of carbonyl (C=O) groups excluding carboxylic acids is 2. The predicted molar refractivity (Wildman–Crippen MR) is 61.4 cm³/mol. The number of hydrogen-bond donors (Lipinski definition) is 2. The van der Waals surface area contributed by atoms with Gasteiger partial charge in [0.25, 0.3) is 0 Å². The van der Waals surface area contributed by atoms with Crippen LogP contribution in [0.1, 0.15) is 33.6 Å². The van der Waals surface area contributed by atoms with Crippen LogP contribution in [0.4, 0.5) is 0 Å². The average molecular weight is 227 g/mol. The molecule has 1 rings (SSSR count). The minimum atomic E-state index is -0.858. The maximum Gasteiger partial charge on any atom is 0.243 e. The molecule has 2 amide bonds. The Kier molecular flexibility index (Phi) is 3.57. The molecular weight excluding hydrogens is 206 g/mol. The lowest BCUT2D eigenvalue weighted by atomic mass is 9.96. The van der Waals surface area contributed by atoms with E-state index in [2.05, 4.69) is 0 Å². The lowest BCUT2D eigenvalue weighted by Crippen LogP contribution is -2.58. The number of nitrogens with zero attached hydrogens (tertiary/aromatic N) is 1. The van der Waals surface area contributed by atoms with E-state index in [1.807, 2.05) is 13.8 Å². The van der Waals surface area contributed by atoms with E-state index in [0.717, 1.165) is 6.42 Å². The van der Waals surface area contributed by atoms with Crippen LogP contribution in [0.3, 0.4) is 0 Å². The van der Waals surface area contributed by atoms with Crippen LogP contribution in [0.2, 0.25) is 0 Å². The normalized spacial score (nSPS) is 27.2. The molecule has 0 unspecified atom stereocenters. The third kappa shape index (κ3) is 2.04. The minimum absolute atomic E-state index is 0.0604. The lowest BCUT2D eigenvalue weighted by Gasteiger charge is -2.34. The fourth-order valence-corrected chi connectivity index (χ4v) is 2.04. The SMILES string of the molecule is CC(C)[C@H](N)C(=O)N1CCC[C@]1(C)C(N)=O. The number of carbonyl (C=O) groups is 2. The predicted octanol–water partition coefficient (Wildman–Crippen LogP) is -0.164. The van der Waals surface area contributed by atoms with Gasteiger partial charge in [0.05, 0.1) is 6.04 Å². The fraction of sp³-hybridized carbons (Fsp3) is 0.818. The van der Waals surface area contributed by atoms with E-state index >= 15 is 0 Å². The summed E-state index contributed by atoms with van der Waals surface area (Å²) in [6.45, 7) is 6.06. The second-order valence-electron chi connectivity index (χ2n) is 5.00. The molecule has 0 aromatic rings. The van der Waals surface area contributed by atoms with Crippen LogP contribution in [-0.4, -0.2) is 34.8 Å². The van der Waals surface area contributed by atoms with Crippen molar-refractivity contribution in [3.8, 4) is 0 Å². The first-order valence-electron chi connectivity index (χ1n) is 5.67. The van der Waals surface area contributed by atoms with Gasteiger partial charge in [-0.25, -0.2) is 0 Å². The molecule has 16 heavy (non-hydrogen) atoms. The van der Waals surface area contributed by atoms with Crippen LogP contribution in [-0.2, 0) is 9.59 Å². The summed E-state index contributed by atoms with van der Waals surface area (Å²) in [5, 5.41) is 0. The maximum atomic E-state index is 12.1. The molecule has 0 radical (unpaired) electrons. The van der Waals surface area contributed by atoms with Gasteiger partial charge < -0.3 is 16.4 Å². The largest absolute Gasteiger partial charge is 0.368 e. The molecule has 2 atom stereocenters. The zero-order valence-electron chi connectivity index (χ0n) is 10.2. The first kappa shape index (κ1) is 13.0. The number of primary amides is 1. The molecule has 0 saturated carbocycles. The van der Waals surface area contributed by atoms with Crippen molar-refractivity contribution in [3.05, 3.63) is 0 Å². The Hall–Kier alpha value is -1.10. The summed E-state index contributed by atoms with van der Waals surface area (Å²) < 4.78 is 0. The van der Waals surface area contributed by atoms with Crippen LogP contribution >= 0.6 is 0 Å². The Morgan fingerprint density at radius 2 is 1.94 bits per heavy atom. The number of amides is 2. The Balaban J connectivity index is 2.88. The monoisotopic (exact) mass is 227 g/mol. The van der Waals surface area contributed by atoms with Crippen molar-refractivity contribution < 1.29 is 9.59 Å². The molecule has 0 aromatic carbocycles. The Morgan fingerprint density at radius 3 is 2.38 bits per heavy atom. The van der Waals surface area contributed by atoms with Gasteiger partial charge in [-0.05, 0) is 25.7 Å². The van der Waals surface area contributed by atoms with Crippen molar-refractivity contribution in [3.63, 3.8) is 0 Å². The van der Waals surface area contributed by atoms with Crippen LogP contribution in [0.25, 0.3) is 0 Å². The Morgan fingerprint density at radius 1 is 1.38 bits per heavy atom. The van der Waals surface area contributed by atoms with Crippen LogP contribution < -0.4 is 11.5 Å². The van der Waals surface area contributed by atoms with Gasteiger partial charge >= 0.3 is 0 Å². The van der Waals surface area contributed by atoms with E-state index in [4.69, 9.17) is 11.5 Å². The third-order valence-corrected chi connectivity index (χ3v) is 3.44. The summed E-state index contributed by atoms with van der Waals surface area (Å²) in [5.41, 5.74) is 10.3. The van der Waals surface area contributed by atoms with E-state index in [1.54, 1.807) is 11.8 Å². The number of likely N-dealkylation sites (tertiary alicyclic amines) is 1. The van der Waals surface area contributed by atoms with E-state index < -0.39 is 17.5 Å². The third-order valence-electron chi connectivity index (χ3n) is 3.44. The van der Waals surface area contributed by atoms with Crippen molar-refractivity contribution in [2.24, 2.45) is 17.4 Å². The van der Waals surface area contributed by atoms with E-state index in [9.17, 15) is 9.59 Å². The Bertz CT molecular complexity index is 304. The van der Waals surface area contributed by atoms with Crippen LogP contribution in [0, 0.1) is 5.92 Å². The molecule has 1 aliphatic rings. The van der Waals surface area contributed by atoms with Gasteiger partial charge in [0.2, 0.25) is 11.8 Å². The van der Waals surface area contributed by atoms with Gasteiger partial charge in [-0.1, -0.05) is 13.8 Å². The van der Waals surface area contributed by atoms with Crippen molar-refractivity contribution in [2.75, 3.05) is 6.54 Å². The standard InChI is InChI=1S/C11H21N3O2/c1-7(2)8(12)9(15)14-6-4-5-11(14,3)10(13)16/h7-8H,4-6,12H2,1-3H3,(H2,13,16)/t8-,11+/m0/s1. The molecule has 1 heterocycles. The number of hydrogen-bond acceptors (Lipinski definition) is 3. The molecule has 0 aliphatic carbocycles. The fourth-order valence-electron chi connectivity index (χ4n) is 2.04. The molecule has 92 valence electrons. The highest BCUT2D eigenvalue weighted by Gasteiger charge is 2.45. The van der Waals surface area contributed by atoms with Gasteiger partial charge in [0.1, 0.15) is 5.54 Å². The molecule has 1 aliphatic heterocycles. The summed E-state index contributed by atoms with van der Waals surface area (Å²) in [6.07, 6.45) is 1.43. The maximum absolute atomic E-state index is 12.1. The molecule has 5 nitrogen and oxygen atoms in total. The summed E-state index contributed by atoms with van der Waals surface area (Å²) in [5.74, 6) is -0.562. The first-order chi connectivity index (χ1) is 7.30. The highest BCUT2D eigenvalue weighted by atomic mass is 16.2. The molecule has 0 bridgehead atoms. The van der Waals surface area contributed by atoms with Crippen molar-refractivity contribution in [1.29, 1.82) is 0 Å². The van der Waals surface area contributed by atoms with Crippen molar-refractivity contribution >= 4 is 11.8 Å². The zero-order chi connectivity index (χ0) is 12.5. The second-order valence-corrected chi connectivity index (χ2v) is 5.00. The molecule has 5 heteroatoms. The first-order valence-corrected chi connectivity index (χ1v) is 5.67. The Labute approximate surface area is 96.1 Å². The second kappa shape index (κ2) is 4.41. The van der Waals surface area contributed by atoms with Gasteiger partial charge in [-0.15, -0.1) is 0 Å². The van der Waals surface area contributed by atoms with Gasteiger partial charge in [0.15, 0.2) is 0 Å². The van der Waals surface area contributed by atoms with Gasteiger partial charge in [-0.2, -0.15) is 0 Å². The summed E-state index contributed by atoms with van der Waals surface area (Å²) in [6, 6.07) is -0.559. The summed E-state index contributed by atoms with van der Waals surface area (Å²) in [7, 11) is 0. The summed E-state index contributed by atoms with van der Waals surface area (Å²) >= 11 is 0. The van der Waals surface area contributed by atoms with E-state index in [0.29, 0.717) is 13.0 Å². The minimum Gasteiger partial charge on any atom is -0.368 e. The van der Waals surface area contributed by atoms with Crippen LogP contribution in [0.5, 0.6) is 0 Å². The smallest absolute Gasteiger partial charge is 0.243 e. The molecule has 0 aromatic heterocycles. The molecule has 4 N–H and O–H groups in total. The van der Waals surface area contributed by atoms with E-state index in [-0.39, 0.29) is 11.8 Å². The summed E-state index contributed by atoms with van der Waals surface area (Å²) in [4.78, 5) is 25.1. The number of rotatable bonds is 3. The van der Waals surface area contributed by atoms with Gasteiger partial charge in [-0.3, -0.25) is 9.59 Å². The molecule has 1 fully saturated rings. The highest BCUT2D eigenvalue weighted by molar-refractivity contribution is 5.92. The topological polar surface area (TPSA) is 89.4 Å². The molecule has 0 spiro atoms. The quantitative estimate of drug-likeness (QED) is 0.701. The zero-order valence-corrected chi connectivity index (χ0v) is 10.2. The van der Waals surface area contributed by atoms with Gasteiger partial charge in [0, 0.05) is 6.54 Å². The average Bonchev–Trinajstić information content (AvgIpc) is 2.59. The van der Waals surface area contributed by atoms with E-state index in [1.165, 1.54) is 0 Å². The highest BCUT2D eigenvalue weighted by Crippen LogP contribution is 2.29. The van der Waals surface area contributed by atoms with Crippen molar-refractivity contribution in [2.45, 2.75) is 45.2 Å². The molecule has 1 saturated heterocycles. The van der Waals surface area contributed by atoms with Crippen molar-refractivity contribution in [1.82, 2.24) is 4.90 Å². The lowest BCUT2D eigenvalue weighted by molar-refractivity contribution is -0.144. The number of nitrogens with two attached hydrogens (primary N) is 2.